The van der Waals surface area contributed by atoms with Crippen LogP contribution in [-0.2, 0) is 6.61 Å². The molecular formula is C24H21N3O3. The molecule has 4 rings (SSSR count). The van der Waals surface area contributed by atoms with Gasteiger partial charge in [0.25, 0.3) is 11.8 Å². The second kappa shape index (κ2) is 8.61. The quantitative estimate of drug-likeness (QED) is 0.483. The molecule has 0 atom stereocenters. The third kappa shape index (κ3) is 4.38. The number of aromatic nitrogens is 2. The summed E-state index contributed by atoms with van der Waals surface area (Å²) in [6.45, 7) is 4.11. The van der Waals surface area contributed by atoms with Gasteiger partial charge in [0.1, 0.15) is 5.75 Å². The summed E-state index contributed by atoms with van der Waals surface area (Å²) in [5.74, 6) is 1.02. The monoisotopic (exact) mass is 399 g/mol. The van der Waals surface area contributed by atoms with Gasteiger partial charge in [-0.2, -0.15) is 4.98 Å². The molecule has 0 radical (unpaired) electrons. The van der Waals surface area contributed by atoms with E-state index < -0.39 is 0 Å². The molecule has 0 fully saturated rings. The van der Waals surface area contributed by atoms with Gasteiger partial charge in [0, 0.05) is 11.3 Å². The van der Waals surface area contributed by atoms with Gasteiger partial charge in [-0.15, -0.1) is 0 Å². The van der Waals surface area contributed by atoms with Crippen LogP contribution in [0.5, 0.6) is 5.75 Å². The number of benzene rings is 3. The molecule has 150 valence electrons. The summed E-state index contributed by atoms with van der Waals surface area (Å²) in [5.41, 5.74) is 4.32. The first-order valence-corrected chi connectivity index (χ1v) is 9.58. The molecule has 6 nitrogen and oxygen atoms in total. The van der Waals surface area contributed by atoms with Crippen molar-refractivity contribution in [1.29, 1.82) is 0 Å². The van der Waals surface area contributed by atoms with Gasteiger partial charge >= 0.3 is 0 Å². The normalized spacial score (nSPS) is 10.6. The van der Waals surface area contributed by atoms with Gasteiger partial charge in [0.05, 0.1) is 5.56 Å². The number of hydrogen-bond donors (Lipinski definition) is 1. The SMILES string of the molecule is Cc1ccc(NC(=O)c2ccccc2OCc2nc(-c3ccccc3)no2)cc1C. The van der Waals surface area contributed by atoms with Crippen LogP contribution >= 0.6 is 0 Å². The van der Waals surface area contributed by atoms with Crippen molar-refractivity contribution < 1.29 is 14.1 Å². The molecule has 30 heavy (non-hydrogen) atoms. The van der Waals surface area contributed by atoms with Gasteiger partial charge in [-0.25, -0.2) is 0 Å². The average Bonchev–Trinajstić information content (AvgIpc) is 3.25. The zero-order valence-electron chi connectivity index (χ0n) is 16.8. The van der Waals surface area contributed by atoms with Gasteiger partial charge in [-0.3, -0.25) is 4.79 Å². The fourth-order valence-electron chi connectivity index (χ4n) is 2.96. The van der Waals surface area contributed by atoms with Crippen LogP contribution in [0.25, 0.3) is 11.4 Å². The minimum Gasteiger partial charge on any atom is -0.483 e. The molecule has 1 heterocycles. The Kier molecular flexibility index (Phi) is 5.57. The first-order valence-electron chi connectivity index (χ1n) is 9.58. The number of para-hydroxylation sites is 1. The zero-order valence-corrected chi connectivity index (χ0v) is 16.8. The van der Waals surface area contributed by atoms with Crippen molar-refractivity contribution in [1.82, 2.24) is 10.1 Å². The van der Waals surface area contributed by atoms with E-state index in [1.807, 2.05) is 68.4 Å². The minimum absolute atomic E-state index is 0.0633. The standard InChI is InChI=1S/C24H21N3O3/c1-16-12-13-19(14-17(16)2)25-24(28)20-10-6-7-11-21(20)29-15-22-26-23(27-30-22)18-8-4-3-5-9-18/h3-14H,15H2,1-2H3,(H,25,28). The molecular weight excluding hydrogens is 378 g/mol. The lowest BCUT2D eigenvalue weighted by molar-refractivity contribution is 0.102. The van der Waals surface area contributed by atoms with Crippen LogP contribution in [0.3, 0.4) is 0 Å². The third-order valence-corrected chi connectivity index (χ3v) is 4.75. The Bertz CT molecular complexity index is 1170. The molecule has 6 heteroatoms. The number of nitrogens with one attached hydrogen (secondary N) is 1. The lowest BCUT2D eigenvalue weighted by Gasteiger charge is -2.11. The van der Waals surface area contributed by atoms with Crippen LogP contribution in [-0.4, -0.2) is 16.0 Å². The molecule has 0 unspecified atom stereocenters. The van der Waals surface area contributed by atoms with E-state index in [1.54, 1.807) is 18.2 Å². The summed E-state index contributed by atoms with van der Waals surface area (Å²) >= 11 is 0. The van der Waals surface area contributed by atoms with E-state index in [-0.39, 0.29) is 12.5 Å². The van der Waals surface area contributed by atoms with Crippen LogP contribution in [0.2, 0.25) is 0 Å². The van der Waals surface area contributed by atoms with E-state index in [2.05, 4.69) is 15.5 Å². The van der Waals surface area contributed by atoms with Crippen LogP contribution in [0.1, 0.15) is 27.4 Å². The van der Waals surface area contributed by atoms with Crippen LogP contribution in [0, 0.1) is 13.8 Å². The second-order valence-electron chi connectivity index (χ2n) is 6.92. The minimum atomic E-state index is -0.246. The Balaban J connectivity index is 1.46. The van der Waals surface area contributed by atoms with Gasteiger partial charge in [-0.05, 0) is 49.2 Å². The highest BCUT2D eigenvalue weighted by Gasteiger charge is 2.15. The smallest absolute Gasteiger partial charge is 0.264 e. The Morgan fingerprint density at radius 1 is 0.967 bits per heavy atom. The van der Waals surface area contributed by atoms with Gasteiger partial charge in [0.15, 0.2) is 6.61 Å². The van der Waals surface area contributed by atoms with Crippen molar-refractivity contribution >= 4 is 11.6 Å². The predicted molar refractivity (Wildman–Crippen MR) is 114 cm³/mol. The topological polar surface area (TPSA) is 77.2 Å². The Morgan fingerprint density at radius 3 is 2.53 bits per heavy atom. The maximum Gasteiger partial charge on any atom is 0.264 e. The molecule has 1 amide bonds. The van der Waals surface area contributed by atoms with Crippen molar-refractivity contribution in [3.05, 3.63) is 95.4 Å². The predicted octanol–water partition coefficient (Wildman–Crippen LogP) is 5.18. The third-order valence-electron chi connectivity index (χ3n) is 4.75. The molecule has 0 bridgehead atoms. The number of rotatable bonds is 6. The highest BCUT2D eigenvalue weighted by molar-refractivity contribution is 6.06. The average molecular weight is 399 g/mol. The second-order valence-corrected chi connectivity index (χ2v) is 6.92. The number of anilines is 1. The molecule has 3 aromatic carbocycles. The summed E-state index contributed by atoms with van der Waals surface area (Å²) in [7, 11) is 0. The van der Waals surface area contributed by atoms with Crippen molar-refractivity contribution in [2.75, 3.05) is 5.32 Å². The molecule has 0 saturated heterocycles. The van der Waals surface area contributed by atoms with Crippen LogP contribution in [0.4, 0.5) is 5.69 Å². The first kappa shape index (κ1) is 19.4. The summed E-state index contributed by atoms with van der Waals surface area (Å²) in [5, 5.41) is 6.90. The largest absolute Gasteiger partial charge is 0.483 e. The molecule has 1 N–H and O–H groups in total. The number of aryl methyl sites for hydroxylation is 2. The van der Waals surface area contributed by atoms with Crippen LogP contribution < -0.4 is 10.1 Å². The number of hydrogen-bond acceptors (Lipinski definition) is 5. The van der Waals surface area contributed by atoms with Crippen molar-refractivity contribution in [3.63, 3.8) is 0 Å². The van der Waals surface area contributed by atoms with Crippen LogP contribution in [0.15, 0.2) is 77.3 Å². The zero-order chi connectivity index (χ0) is 20.9. The summed E-state index contributed by atoms with van der Waals surface area (Å²) < 4.78 is 11.1. The van der Waals surface area contributed by atoms with Gasteiger partial charge in [0.2, 0.25) is 5.82 Å². The van der Waals surface area contributed by atoms with E-state index in [9.17, 15) is 4.79 Å². The Morgan fingerprint density at radius 2 is 1.73 bits per heavy atom. The molecule has 1 aromatic heterocycles. The highest BCUT2D eigenvalue weighted by atomic mass is 16.5. The Hall–Kier alpha value is -3.93. The molecule has 0 aliphatic heterocycles. The maximum absolute atomic E-state index is 12.8. The summed E-state index contributed by atoms with van der Waals surface area (Å²) in [4.78, 5) is 17.1. The summed E-state index contributed by atoms with van der Waals surface area (Å²) in [6, 6.07) is 22.4. The molecule has 0 spiro atoms. The number of ether oxygens (including phenoxy) is 1. The first-order chi connectivity index (χ1) is 14.6. The lowest BCUT2D eigenvalue weighted by atomic mass is 10.1. The fraction of sp³-hybridized carbons (Fsp3) is 0.125. The number of amides is 1. The van der Waals surface area contributed by atoms with E-state index in [0.717, 1.165) is 16.8 Å². The molecule has 0 saturated carbocycles. The highest BCUT2D eigenvalue weighted by Crippen LogP contribution is 2.22. The van der Waals surface area contributed by atoms with Gasteiger partial charge in [-0.1, -0.05) is 53.7 Å². The Labute approximate surface area is 174 Å². The van der Waals surface area contributed by atoms with Gasteiger partial charge < -0.3 is 14.6 Å². The fourth-order valence-corrected chi connectivity index (χ4v) is 2.96. The molecule has 0 aliphatic carbocycles. The molecule has 0 aliphatic rings. The molecule has 4 aromatic rings. The van der Waals surface area contributed by atoms with Crippen molar-refractivity contribution in [3.8, 4) is 17.1 Å². The van der Waals surface area contributed by atoms with E-state index in [0.29, 0.717) is 23.0 Å². The number of nitrogens with zero attached hydrogens (tertiary/aromatic N) is 2. The van der Waals surface area contributed by atoms with E-state index >= 15 is 0 Å². The number of carbonyl (C=O) groups excluding carboxylic acids is 1. The maximum atomic E-state index is 12.8. The van der Waals surface area contributed by atoms with Crippen molar-refractivity contribution in [2.45, 2.75) is 20.5 Å². The van der Waals surface area contributed by atoms with Crippen molar-refractivity contribution in [2.24, 2.45) is 0 Å². The van der Waals surface area contributed by atoms with E-state index in [4.69, 9.17) is 9.26 Å². The summed E-state index contributed by atoms with van der Waals surface area (Å²) in [6.07, 6.45) is 0. The lowest BCUT2D eigenvalue weighted by Crippen LogP contribution is -2.14. The number of carbonyl (C=O) groups is 1. The van der Waals surface area contributed by atoms with E-state index in [1.165, 1.54) is 5.56 Å².